The summed E-state index contributed by atoms with van der Waals surface area (Å²) in [6.45, 7) is 5.75. The van der Waals surface area contributed by atoms with E-state index in [1.165, 1.54) is 0 Å². The molecule has 1 rings (SSSR count). The number of ether oxygens (including phenoxy) is 1. The summed E-state index contributed by atoms with van der Waals surface area (Å²) in [6, 6.07) is 5.24. The molecule has 0 aliphatic rings. The van der Waals surface area contributed by atoms with Crippen LogP contribution in [0.1, 0.15) is 38.9 Å². The van der Waals surface area contributed by atoms with E-state index in [4.69, 9.17) is 16.3 Å². The zero-order valence-electron chi connectivity index (χ0n) is 11.4. The largest absolute Gasteiger partial charge is 0.491 e. The molecule has 2 N–H and O–H groups in total. The van der Waals surface area contributed by atoms with Crippen molar-refractivity contribution >= 4 is 17.5 Å². The number of carbonyl (C=O) groups is 1. The summed E-state index contributed by atoms with van der Waals surface area (Å²) < 4.78 is 5.45. The summed E-state index contributed by atoms with van der Waals surface area (Å²) in [7, 11) is 0. The number of nitrogens with one attached hydrogen (secondary N) is 1. The Morgan fingerprint density at radius 1 is 1.42 bits per heavy atom. The van der Waals surface area contributed by atoms with Crippen LogP contribution in [-0.4, -0.2) is 23.7 Å². The third-order valence-electron chi connectivity index (χ3n) is 2.47. The van der Waals surface area contributed by atoms with Crippen molar-refractivity contribution in [3.63, 3.8) is 0 Å². The number of rotatable bonds is 6. The van der Waals surface area contributed by atoms with Gasteiger partial charge >= 0.3 is 0 Å². The molecule has 1 aromatic rings. The number of hydrogen-bond acceptors (Lipinski definition) is 3. The Hall–Kier alpha value is -1.26. The maximum absolute atomic E-state index is 11.4. The highest BCUT2D eigenvalue weighted by atomic mass is 35.5. The first kappa shape index (κ1) is 15.8. The first-order valence-corrected chi connectivity index (χ1v) is 6.67. The lowest BCUT2D eigenvalue weighted by atomic mass is 10.1. The lowest BCUT2D eigenvalue weighted by Crippen LogP contribution is -2.31. The van der Waals surface area contributed by atoms with E-state index in [1.54, 1.807) is 25.1 Å². The first-order chi connectivity index (χ1) is 8.90. The molecule has 1 atom stereocenters. The van der Waals surface area contributed by atoms with Crippen molar-refractivity contribution in [1.29, 1.82) is 0 Å². The van der Waals surface area contributed by atoms with Crippen LogP contribution in [0.5, 0.6) is 5.75 Å². The summed E-state index contributed by atoms with van der Waals surface area (Å²) in [4.78, 5) is 11.4. The van der Waals surface area contributed by atoms with Crippen LogP contribution in [0.2, 0.25) is 5.02 Å². The van der Waals surface area contributed by atoms with Crippen molar-refractivity contribution in [2.45, 2.75) is 39.3 Å². The van der Waals surface area contributed by atoms with Gasteiger partial charge in [0.25, 0.3) is 0 Å². The lowest BCUT2D eigenvalue weighted by molar-refractivity contribution is -0.122. The number of benzene rings is 1. The van der Waals surface area contributed by atoms with E-state index in [1.807, 2.05) is 13.8 Å². The molecular weight excluding hydrogens is 266 g/mol. The number of amides is 1. The Morgan fingerprint density at radius 3 is 2.63 bits per heavy atom. The monoisotopic (exact) mass is 285 g/mol. The summed E-state index contributed by atoms with van der Waals surface area (Å²) in [5, 5.41) is 12.6. The second-order valence-corrected chi connectivity index (χ2v) is 5.09. The Morgan fingerprint density at radius 2 is 2.11 bits per heavy atom. The molecular formula is C14H20ClNO3. The zero-order valence-corrected chi connectivity index (χ0v) is 12.2. The number of aliphatic hydroxyl groups excluding tert-OH is 1. The maximum atomic E-state index is 11.4. The van der Waals surface area contributed by atoms with Gasteiger partial charge in [-0.15, -0.1) is 0 Å². The topological polar surface area (TPSA) is 58.6 Å². The van der Waals surface area contributed by atoms with E-state index >= 15 is 0 Å². The smallest absolute Gasteiger partial charge is 0.223 e. The normalized spacial score (nSPS) is 12.3. The van der Waals surface area contributed by atoms with Crippen LogP contribution in [0.4, 0.5) is 0 Å². The van der Waals surface area contributed by atoms with Crippen LogP contribution in [0.15, 0.2) is 18.2 Å². The SMILES string of the molecule is CC(C)NC(=O)CCOc1ccc([C@H](C)O)cc1Cl. The molecule has 0 heterocycles. The number of hydrogen-bond donors (Lipinski definition) is 2. The molecule has 0 aliphatic carbocycles. The summed E-state index contributed by atoms with van der Waals surface area (Å²) in [5.41, 5.74) is 0.731. The van der Waals surface area contributed by atoms with Crippen LogP contribution in [0.25, 0.3) is 0 Å². The van der Waals surface area contributed by atoms with Gasteiger partial charge < -0.3 is 15.2 Å². The minimum Gasteiger partial charge on any atom is -0.491 e. The van der Waals surface area contributed by atoms with E-state index in [2.05, 4.69) is 5.32 Å². The molecule has 1 aromatic carbocycles. The van der Waals surface area contributed by atoms with Crippen molar-refractivity contribution in [2.24, 2.45) is 0 Å². The van der Waals surface area contributed by atoms with Gasteiger partial charge in [-0.2, -0.15) is 0 Å². The fourth-order valence-corrected chi connectivity index (χ4v) is 1.79. The minimum atomic E-state index is -0.566. The molecule has 0 aromatic heterocycles. The standard InChI is InChI=1S/C14H20ClNO3/c1-9(2)16-14(18)6-7-19-13-5-4-11(10(3)17)8-12(13)15/h4-5,8-10,17H,6-7H2,1-3H3,(H,16,18)/t10-/m0/s1. The van der Waals surface area contributed by atoms with Gasteiger partial charge in [-0.3, -0.25) is 4.79 Å². The Kier molecular flexibility index (Phi) is 6.12. The van der Waals surface area contributed by atoms with Gasteiger partial charge in [0.15, 0.2) is 0 Å². The minimum absolute atomic E-state index is 0.0493. The van der Waals surface area contributed by atoms with Gasteiger partial charge in [-0.25, -0.2) is 0 Å². The number of halogens is 1. The van der Waals surface area contributed by atoms with Crippen LogP contribution >= 0.6 is 11.6 Å². The maximum Gasteiger partial charge on any atom is 0.223 e. The molecule has 19 heavy (non-hydrogen) atoms. The average molecular weight is 286 g/mol. The third kappa shape index (κ3) is 5.49. The first-order valence-electron chi connectivity index (χ1n) is 6.30. The van der Waals surface area contributed by atoms with E-state index in [9.17, 15) is 9.90 Å². The Balaban J connectivity index is 2.48. The van der Waals surface area contributed by atoms with E-state index in [-0.39, 0.29) is 25.0 Å². The quantitative estimate of drug-likeness (QED) is 0.845. The van der Waals surface area contributed by atoms with Crippen LogP contribution in [0, 0.1) is 0 Å². The summed E-state index contributed by atoms with van der Waals surface area (Å²) in [5.74, 6) is 0.468. The van der Waals surface area contributed by atoms with E-state index in [0.29, 0.717) is 10.8 Å². The molecule has 0 radical (unpaired) electrons. The molecule has 4 nitrogen and oxygen atoms in total. The molecule has 0 bridgehead atoms. The average Bonchev–Trinajstić information content (AvgIpc) is 2.29. The lowest BCUT2D eigenvalue weighted by Gasteiger charge is -2.11. The fraction of sp³-hybridized carbons (Fsp3) is 0.500. The van der Waals surface area contributed by atoms with Gasteiger partial charge in [0, 0.05) is 6.04 Å². The van der Waals surface area contributed by atoms with Crippen molar-refractivity contribution in [1.82, 2.24) is 5.32 Å². The van der Waals surface area contributed by atoms with E-state index in [0.717, 1.165) is 5.56 Å². The molecule has 0 saturated carbocycles. The van der Waals surface area contributed by atoms with Crippen LogP contribution in [0.3, 0.4) is 0 Å². The zero-order chi connectivity index (χ0) is 14.4. The molecule has 106 valence electrons. The third-order valence-corrected chi connectivity index (χ3v) is 2.77. The molecule has 1 amide bonds. The molecule has 0 unspecified atom stereocenters. The van der Waals surface area contributed by atoms with Crippen LogP contribution < -0.4 is 10.1 Å². The van der Waals surface area contributed by atoms with Crippen molar-refractivity contribution in [3.05, 3.63) is 28.8 Å². The number of carbonyl (C=O) groups excluding carboxylic acids is 1. The van der Waals surface area contributed by atoms with Gasteiger partial charge in [0.1, 0.15) is 5.75 Å². The highest BCUT2D eigenvalue weighted by molar-refractivity contribution is 6.32. The predicted molar refractivity (Wildman–Crippen MR) is 75.5 cm³/mol. The predicted octanol–water partition coefficient (Wildman–Crippen LogP) is 2.69. The molecule has 0 saturated heterocycles. The summed E-state index contributed by atoms with van der Waals surface area (Å²) >= 11 is 6.04. The van der Waals surface area contributed by atoms with Gasteiger partial charge in [-0.05, 0) is 38.5 Å². The van der Waals surface area contributed by atoms with Crippen LogP contribution in [-0.2, 0) is 4.79 Å². The van der Waals surface area contributed by atoms with Gasteiger partial charge in [0.2, 0.25) is 5.91 Å². The summed E-state index contributed by atoms with van der Waals surface area (Å²) in [6.07, 6.45) is -0.282. The highest BCUT2D eigenvalue weighted by Gasteiger charge is 2.08. The Bertz CT molecular complexity index is 433. The van der Waals surface area contributed by atoms with Gasteiger partial charge in [0.05, 0.1) is 24.2 Å². The second-order valence-electron chi connectivity index (χ2n) is 4.69. The van der Waals surface area contributed by atoms with E-state index < -0.39 is 6.10 Å². The Labute approximate surface area is 118 Å². The molecule has 0 spiro atoms. The molecule has 0 aliphatic heterocycles. The molecule has 5 heteroatoms. The highest BCUT2D eigenvalue weighted by Crippen LogP contribution is 2.27. The van der Waals surface area contributed by atoms with Gasteiger partial charge in [-0.1, -0.05) is 17.7 Å². The molecule has 0 fully saturated rings. The number of aliphatic hydroxyl groups is 1. The van der Waals surface area contributed by atoms with Crippen molar-refractivity contribution in [3.8, 4) is 5.75 Å². The fourth-order valence-electron chi connectivity index (χ4n) is 1.54. The van der Waals surface area contributed by atoms with Crippen molar-refractivity contribution < 1.29 is 14.6 Å². The second kappa shape index (κ2) is 7.36. The van der Waals surface area contributed by atoms with Crippen molar-refractivity contribution in [2.75, 3.05) is 6.61 Å².